The number of nitrogens with two attached hydrogens (primary N) is 1. The smallest absolute Gasteiger partial charge is 0.444 e. The largest absolute Gasteiger partial charge is 0.535 e. The van der Waals surface area contributed by atoms with Gasteiger partial charge in [0, 0.05) is 12.0 Å². The molecule has 8 nitrogen and oxygen atoms in total. The van der Waals surface area contributed by atoms with Gasteiger partial charge in [0.05, 0.1) is 6.61 Å². The zero-order valence-corrected chi connectivity index (χ0v) is 18.0. The number of nitrogens with one attached hydrogen (secondary N) is 1. The summed E-state index contributed by atoms with van der Waals surface area (Å²) in [4.78, 5) is 28.6. The van der Waals surface area contributed by atoms with Gasteiger partial charge in [-0.1, -0.05) is 44.7 Å². The Balaban J connectivity index is 2.48. The molecule has 3 atom stereocenters. The van der Waals surface area contributed by atoms with Gasteiger partial charge >= 0.3 is 12.2 Å². The van der Waals surface area contributed by atoms with Gasteiger partial charge in [-0.2, -0.15) is 0 Å². The first kappa shape index (κ1) is 24.0. The van der Waals surface area contributed by atoms with Crippen LogP contribution in [0.4, 0.5) is 9.59 Å². The third-order valence-electron chi connectivity index (χ3n) is 4.80. The number of oxime groups is 1. The number of ether oxygens (including phenoxy) is 2. The van der Waals surface area contributed by atoms with Gasteiger partial charge in [-0.05, 0) is 46.0 Å². The lowest BCUT2D eigenvalue weighted by atomic mass is 10.0. The normalized spacial score (nSPS) is 21.1. The van der Waals surface area contributed by atoms with E-state index in [1.807, 2.05) is 0 Å². The van der Waals surface area contributed by atoms with Crippen molar-refractivity contribution in [1.82, 2.24) is 5.32 Å². The Morgan fingerprint density at radius 2 is 1.96 bits per heavy atom. The zero-order valence-electron chi connectivity index (χ0n) is 18.0. The van der Waals surface area contributed by atoms with Gasteiger partial charge < -0.3 is 20.5 Å². The molecule has 1 aliphatic rings. The molecule has 0 aliphatic heterocycles. The van der Waals surface area contributed by atoms with Crippen molar-refractivity contribution in [2.45, 2.75) is 91.2 Å². The lowest BCUT2D eigenvalue weighted by molar-refractivity contribution is 0.0430. The fourth-order valence-electron chi connectivity index (χ4n) is 3.21. The van der Waals surface area contributed by atoms with Crippen molar-refractivity contribution in [2.75, 3.05) is 6.61 Å². The van der Waals surface area contributed by atoms with Crippen LogP contribution in [0.15, 0.2) is 5.16 Å². The maximum atomic E-state index is 12.0. The van der Waals surface area contributed by atoms with Crippen molar-refractivity contribution >= 4 is 18.1 Å². The summed E-state index contributed by atoms with van der Waals surface area (Å²) < 4.78 is 10.4. The van der Waals surface area contributed by atoms with E-state index in [1.165, 1.54) is 0 Å². The number of carbonyl (C=O) groups is 2. The van der Waals surface area contributed by atoms with Crippen LogP contribution in [-0.4, -0.2) is 36.3 Å². The Morgan fingerprint density at radius 1 is 1.25 bits per heavy atom. The van der Waals surface area contributed by atoms with Gasteiger partial charge in [-0.25, -0.2) is 9.59 Å². The quantitative estimate of drug-likeness (QED) is 0.196. The summed E-state index contributed by atoms with van der Waals surface area (Å²) in [6, 6.07) is -0.197. The summed E-state index contributed by atoms with van der Waals surface area (Å²) in [5.41, 5.74) is 5.42. The van der Waals surface area contributed by atoms with Crippen LogP contribution in [0, 0.1) is 11.8 Å². The van der Waals surface area contributed by atoms with Gasteiger partial charge in [0.1, 0.15) is 11.4 Å². The highest BCUT2D eigenvalue weighted by Crippen LogP contribution is 2.26. The predicted octanol–water partition coefficient (Wildman–Crippen LogP) is 4.32. The molecule has 0 radical (unpaired) electrons. The number of alkyl carbamates (subject to hydrolysis) is 1. The van der Waals surface area contributed by atoms with Crippen molar-refractivity contribution in [1.29, 1.82) is 0 Å². The van der Waals surface area contributed by atoms with Crippen LogP contribution in [0.25, 0.3) is 0 Å². The molecule has 28 heavy (non-hydrogen) atoms. The highest BCUT2D eigenvalue weighted by Gasteiger charge is 2.33. The summed E-state index contributed by atoms with van der Waals surface area (Å²) in [5.74, 6) is 0.299. The molecule has 1 unspecified atom stereocenters. The lowest BCUT2D eigenvalue weighted by Gasteiger charge is -2.24. The Bertz CT molecular complexity index is 530. The van der Waals surface area contributed by atoms with Crippen LogP contribution in [0.5, 0.6) is 0 Å². The summed E-state index contributed by atoms with van der Waals surface area (Å²) in [7, 11) is 0. The summed E-state index contributed by atoms with van der Waals surface area (Å²) >= 11 is 0. The Kier molecular flexibility index (Phi) is 10.1. The van der Waals surface area contributed by atoms with E-state index in [1.54, 1.807) is 20.8 Å². The maximum absolute atomic E-state index is 12.0. The summed E-state index contributed by atoms with van der Waals surface area (Å²) in [6.07, 6.45) is 5.25. The van der Waals surface area contributed by atoms with Gasteiger partial charge in [-0.15, -0.1) is 0 Å². The highest BCUT2D eigenvalue weighted by molar-refractivity contribution is 5.84. The molecule has 1 amide bonds. The SMILES string of the molecule is CCCCC(CC)COC(=O)ON=C(N)[C@@H]1CCC[C@@H]1NC(=O)OC(C)(C)C. The molecule has 0 saturated heterocycles. The second-order valence-electron chi connectivity index (χ2n) is 8.38. The first-order valence-corrected chi connectivity index (χ1v) is 10.3. The minimum absolute atomic E-state index is 0.175. The van der Waals surface area contributed by atoms with Crippen LogP contribution in [0.2, 0.25) is 0 Å². The van der Waals surface area contributed by atoms with E-state index >= 15 is 0 Å². The average Bonchev–Trinajstić information content (AvgIpc) is 3.06. The standard InChI is InChI=1S/C20H37N3O5/c1-6-8-10-14(7-2)13-26-19(25)28-23-17(21)15-11-9-12-16(15)22-18(24)27-20(3,4)5/h14-16H,6-13H2,1-5H3,(H2,21,23)(H,22,24)/t14?,15-,16+/m1/s1. The molecule has 1 fully saturated rings. The molecule has 0 aromatic heterocycles. The highest BCUT2D eigenvalue weighted by atomic mass is 16.8. The first-order valence-electron chi connectivity index (χ1n) is 10.3. The molecule has 0 aromatic rings. The van der Waals surface area contributed by atoms with Gasteiger partial charge in [0.15, 0.2) is 0 Å². The van der Waals surface area contributed by atoms with E-state index in [0.717, 1.165) is 44.9 Å². The van der Waals surface area contributed by atoms with Gasteiger partial charge in [0.25, 0.3) is 0 Å². The van der Waals surface area contributed by atoms with E-state index in [9.17, 15) is 9.59 Å². The molecule has 8 heteroatoms. The molecule has 1 rings (SSSR count). The number of unbranched alkanes of at least 4 members (excludes halogenated alkanes) is 1. The molecule has 1 saturated carbocycles. The lowest BCUT2D eigenvalue weighted by Crippen LogP contribution is -2.44. The van der Waals surface area contributed by atoms with Crippen LogP contribution in [-0.2, 0) is 14.3 Å². The Labute approximate surface area is 168 Å². The number of carbonyl (C=O) groups excluding carboxylic acids is 2. The van der Waals surface area contributed by atoms with E-state index < -0.39 is 17.8 Å². The molecule has 0 heterocycles. The van der Waals surface area contributed by atoms with Crippen molar-refractivity contribution in [3.8, 4) is 0 Å². The van der Waals surface area contributed by atoms with Crippen LogP contribution in [0.3, 0.4) is 0 Å². The summed E-state index contributed by atoms with van der Waals surface area (Å²) in [6.45, 7) is 9.94. The second kappa shape index (κ2) is 11.8. The number of hydrogen-bond donors (Lipinski definition) is 2. The topological polar surface area (TPSA) is 112 Å². The fourth-order valence-corrected chi connectivity index (χ4v) is 3.21. The summed E-state index contributed by atoms with van der Waals surface area (Å²) in [5, 5.41) is 6.56. The molecular formula is C20H37N3O5. The number of hydrogen-bond acceptors (Lipinski definition) is 6. The van der Waals surface area contributed by atoms with Crippen molar-refractivity contribution in [3.63, 3.8) is 0 Å². The monoisotopic (exact) mass is 399 g/mol. The molecule has 162 valence electrons. The minimum atomic E-state index is -0.854. The van der Waals surface area contributed by atoms with E-state index in [-0.39, 0.29) is 17.8 Å². The van der Waals surface area contributed by atoms with E-state index in [2.05, 4.69) is 24.3 Å². The van der Waals surface area contributed by atoms with Gasteiger partial charge in [0.2, 0.25) is 0 Å². The fraction of sp³-hybridized carbons (Fsp3) is 0.850. The van der Waals surface area contributed by atoms with E-state index in [0.29, 0.717) is 12.5 Å². The van der Waals surface area contributed by atoms with Crippen LogP contribution >= 0.6 is 0 Å². The molecule has 3 N–H and O–H groups in total. The molecule has 1 aliphatic carbocycles. The van der Waals surface area contributed by atoms with Crippen molar-refractivity contribution in [2.24, 2.45) is 22.7 Å². The second-order valence-corrected chi connectivity index (χ2v) is 8.38. The van der Waals surface area contributed by atoms with Crippen molar-refractivity contribution < 1.29 is 23.9 Å². The first-order chi connectivity index (χ1) is 13.2. The number of rotatable bonds is 9. The Morgan fingerprint density at radius 3 is 2.57 bits per heavy atom. The van der Waals surface area contributed by atoms with Crippen LogP contribution in [0.1, 0.15) is 79.6 Å². The zero-order chi connectivity index (χ0) is 21.2. The number of nitrogens with zero attached hydrogens (tertiary/aromatic N) is 1. The third kappa shape index (κ3) is 9.28. The molecule has 0 spiro atoms. The van der Waals surface area contributed by atoms with E-state index in [4.69, 9.17) is 20.0 Å². The molecular weight excluding hydrogens is 362 g/mol. The average molecular weight is 400 g/mol. The third-order valence-corrected chi connectivity index (χ3v) is 4.80. The minimum Gasteiger partial charge on any atom is -0.444 e. The molecule has 0 bridgehead atoms. The number of amides is 1. The Hall–Kier alpha value is -1.99. The predicted molar refractivity (Wildman–Crippen MR) is 108 cm³/mol. The van der Waals surface area contributed by atoms with Crippen molar-refractivity contribution in [3.05, 3.63) is 0 Å². The van der Waals surface area contributed by atoms with Crippen LogP contribution < -0.4 is 11.1 Å². The molecule has 0 aromatic carbocycles. The maximum Gasteiger partial charge on any atom is 0.535 e. The van der Waals surface area contributed by atoms with Gasteiger partial charge in [-0.3, -0.25) is 4.84 Å². The number of amidine groups is 1.